The van der Waals surface area contributed by atoms with Gasteiger partial charge in [-0.3, -0.25) is 4.68 Å². The molecule has 1 aromatic carbocycles. The van der Waals surface area contributed by atoms with E-state index in [4.69, 9.17) is 10.00 Å². The molecule has 0 saturated carbocycles. The van der Waals surface area contributed by atoms with Gasteiger partial charge in [-0.1, -0.05) is 12.1 Å². The number of ether oxygens (including phenoxy) is 1. The van der Waals surface area contributed by atoms with Crippen LogP contribution >= 0.6 is 0 Å². The van der Waals surface area contributed by atoms with E-state index in [-0.39, 0.29) is 0 Å². The zero-order valence-corrected chi connectivity index (χ0v) is 11.5. The Morgan fingerprint density at radius 1 is 1.26 bits per heavy atom. The molecule has 98 valence electrons. The maximum absolute atomic E-state index is 8.97. The first-order valence-corrected chi connectivity index (χ1v) is 6.26. The van der Waals surface area contributed by atoms with Gasteiger partial charge in [0, 0.05) is 5.69 Å². The Labute approximate surface area is 113 Å². The number of nitrogens with zero attached hydrogens (tertiary/aromatic N) is 3. The molecule has 0 saturated heterocycles. The van der Waals surface area contributed by atoms with Crippen molar-refractivity contribution in [3.8, 4) is 11.8 Å². The Bertz CT molecular complexity index is 623. The predicted octanol–water partition coefficient (Wildman–Crippen LogP) is 2.76. The summed E-state index contributed by atoms with van der Waals surface area (Å²) < 4.78 is 7.60. The molecule has 0 radical (unpaired) electrons. The third-order valence-electron chi connectivity index (χ3n) is 3.31. The van der Waals surface area contributed by atoms with Crippen molar-refractivity contribution in [1.29, 1.82) is 5.26 Å². The van der Waals surface area contributed by atoms with Gasteiger partial charge in [-0.2, -0.15) is 10.4 Å². The molecule has 0 unspecified atom stereocenters. The average molecular weight is 255 g/mol. The fourth-order valence-electron chi connectivity index (χ4n) is 1.93. The van der Waals surface area contributed by atoms with Crippen LogP contribution in [0.15, 0.2) is 24.3 Å². The minimum Gasteiger partial charge on any atom is -0.490 e. The molecule has 1 aromatic heterocycles. The first-order valence-electron chi connectivity index (χ1n) is 6.26. The lowest BCUT2D eigenvalue weighted by atomic mass is 10.2. The Hall–Kier alpha value is -2.28. The highest BCUT2D eigenvalue weighted by Crippen LogP contribution is 2.17. The zero-order chi connectivity index (χ0) is 13.8. The summed E-state index contributed by atoms with van der Waals surface area (Å²) in [5, 5.41) is 13.4. The summed E-state index contributed by atoms with van der Waals surface area (Å²) in [5.74, 6) is 0.628. The quantitative estimate of drug-likeness (QED) is 0.844. The van der Waals surface area contributed by atoms with Crippen molar-refractivity contribution in [2.45, 2.75) is 27.3 Å². The van der Waals surface area contributed by atoms with E-state index in [1.54, 1.807) is 6.07 Å². The van der Waals surface area contributed by atoms with E-state index in [1.165, 1.54) is 5.56 Å². The van der Waals surface area contributed by atoms with E-state index >= 15 is 0 Å². The Morgan fingerprint density at radius 3 is 2.63 bits per heavy atom. The molecule has 4 nitrogen and oxygen atoms in total. The van der Waals surface area contributed by atoms with Crippen molar-refractivity contribution in [2.24, 2.45) is 0 Å². The molecule has 0 spiro atoms. The number of aryl methyl sites for hydroxylation is 1. The largest absolute Gasteiger partial charge is 0.490 e. The molecule has 0 N–H and O–H groups in total. The Morgan fingerprint density at radius 2 is 2.00 bits per heavy atom. The van der Waals surface area contributed by atoms with Gasteiger partial charge in [-0.25, -0.2) is 0 Å². The zero-order valence-electron chi connectivity index (χ0n) is 11.5. The minimum atomic E-state index is 0.500. The third-order valence-corrected chi connectivity index (χ3v) is 3.31. The predicted molar refractivity (Wildman–Crippen MR) is 73.1 cm³/mol. The standard InChI is InChI=1S/C15H17N3O/c1-11-12(2)17-18(13(11)3)8-9-19-15-7-5-4-6-14(15)10-16/h4-7H,8-9H2,1-3H3. The van der Waals surface area contributed by atoms with Gasteiger partial charge in [0.2, 0.25) is 0 Å². The van der Waals surface area contributed by atoms with Crippen LogP contribution in [0, 0.1) is 32.1 Å². The number of nitriles is 1. The van der Waals surface area contributed by atoms with E-state index < -0.39 is 0 Å². The summed E-state index contributed by atoms with van der Waals surface area (Å²) in [4.78, 5) is 0. The van der Waals surface area contributed by atoms with Gasteiger partial charge < -0.3 is 4.74 Å². The second kappa shape index (κ2) is 5.57. The average Bonchev–Trinajstić information content (AvgIpc) is 2.67. The van der Waals surface area contributed by atoms with Crippen LogP contribution in [0.2, 0.25) is 0 Å². The molecular weight excluding hydrogens is 238 g/mol. The van der Waals surface area contributed by atoms with E-state index in [1.807, 2.05) is 29.8 Å². The molecule has 4 heteroatoms. The molecule has 2 aromatic rings. The van der Waals surface area contributed by atoms with Gasteiger partial charge in [0.25, 0.3) is 0 Å². The summed E-state index contributed by atoms with van der Waals surface area (Å²) in [6.45, 7) is 7.31. The summed E-state index contributed by atoms with van der Waals surface area (Å²) in [6.07, 6.45) is 0. The van der Waals surface area contributed by atoms with E-state index in [0.29, 0.717) is 24.5 Å². The molecule has 0 bridgehead atoms. The highest BCUT2D eigenvalue weighted by Gasteiger charge is 2.07. The summed E-state index contributed by atoms with van der Waals surface area (Å²) >= 11 is 0. The molecule has 0 aliphatic carbocycles. The molecule has 0 atom stereocenters. The van der Waals surface area contributed by atoms with Crippen LogP contribution < -0.4 is 4.74 Å². The second-order valence-electron chi connectivity index (χ2n) is 4.48. The van der Waals surface area contributed by atoms with Crippen molar-refractivity contribution in [2.75, 3.05) is 6.61 Å². The minimum absolute atomic E-state index is 0.500. The molecule has 1 heterocycles. The second-order valence-corrected chi connectivity index (χ2v) is 4.48. The maximum atomic E-state index is 8.97. The lowest BCUT2D eigenvalue weighted by Crippen LogP contribution is -2.11. The molecular formula is C15H17N3O. The van der Waals surface area contributed by atoms with Crippen molar-refractivity contribution < 1.29 is 4.74 Å². The lowest BCUT2D eigenvalue weighted by molar-refractivity contribution is 0.289. The van der Waals surface area contributed by atoms with E-state index in [2.05, 4.69) is 25.0 Å². The number of benzene rings is 1. The number of rotatable bonds is 4. The summed E-state index contributed by atoms with van der Waals surface area (Å²) in [7, 11) is 0. The fourth-order valence-corrected chi connectivity index (χ4v) is 1.93. The van der Waals surface area contributed by atoms with E-state index in [0.717, 1.165) is 11.4 Å². The van der Waals surface area contributed by atoms with Gasteiger partial charge in [0.15, 0.2) is 0 Å². The molecule has 19 heavy (non-hydrogen) atoms. The molecule has 2 rings (SSSR count). The van der Waals surface area contributed by atoms with Crippen molar-refractivity contribution in [1.82, 2.24) is 9.78 Å². The van der Waals surface area contributed by atoms with Gasteiger partial charge in [0.05, 0.1) is 17.8 Å². The lowest BCUT2D eigenvalue weighted by Gasteiger charge is -2.08. The maximum Gasteiger partial charge on any atom is 0.137 e. The summed E-state index contributed by atoms with van der Waals surface area (Å²) in [6, 6.07) is 9.38. The van der Waals surface area contributed by atoms with Gasteiger partial charge >= 0.3 is 0 Å². The number of aromatic nitrogens is 2. The molecule has 0 aliphatic heterocycles. The SMILES string of the molecule is Cc1nn(CCOc2ccccc2C#N)c(C)c1C. The Balaban J connectivity index is 2.01. The monoisotopic (exact) mass is 255 g/mol. The van der Waals surface area contributed by atoms with Crippen LogP contribution in [-0.4, -0.2) is 16.4 Å². The van der Waals surface area contributed by atoms with Crippen LogP contribution in [0.25, 0.3) is 0 Å². The van der Waals surface area contributed by atoms with Crippen molar-refractivity contribution in [3.63, 3.8) is 0 Å². The topological polar surface area (TPSA) is 50.8 Å². The van der Waals surface area contributed by atoms with Gasteiger partial charge in [0.1, 0.15) is 18.4 Å². The molecule has 0 aliphatic rings. The molecule has 0 amide bonds. The number of para-hydroxylation sites is 1. The number of hydrogen-bond acceptors (Lipinski definition) is 3. The van der Waals surface area contributed by atoms with Crippen LogP contribution in [0.5, 0.6) is 5.75 Å². The van der Waals surface area contributed by atoms with Gasteiger partial charge in [-0.15, -0.1) is 0 Å². The van der Waals surface area contributed by atoms with E-state index in [9.17, 15) is 0 Å². The molecule has 0 fully saturated rings. The van der Waals surface area contributed by atoms with Gasteiger partial charge in [-0.05, 0) is 38.5 Å². The fraction of sp³-hybridized carbons (Fsp3) is 0.333. The smallest absolute Gasteiger partial charge is 0.137 e. The van der Waals surface area contributed by atoms with Crippen LogP contribution in [0.1, 0.15) is 22.5 Å². The van der Waals surface area contributed by atoms with Crippen LogP contribution in [0.3, 0.4) is 0 Å². The van der Waals surface area contributed by atoms with Crippen molar-refractivity contribution in [3.05, 3.63) is 46.8 Å². The highest BCUT2D eigenvalue weighted by molar-refractivity contribution is 5.42. The van der Waals surface area contributed by atoms with Crippen LogP contribution in [0.4, 0.5) is 0 Å². The Kier molecular flexibility index (Phi) is 3.86. The first-order chi connectivity index (χ1) is 9.13. The van der Waals surface area contributed by atoms with Crippen LogP contribution in [-0.2, 0) is 6.54 Å². The number of hydrogen-bond donors (Lipinski definition) is 0. The normalized spacial score (nSPS) is 10.2. The van der Waals surface area contributed by atoms with Crippen molar-refractivity contribution >= 4 is 0 Å². The third kappa shape index (κ3) is 2.76. The first kappa shape index (κ1) is 13.2. The highest BCUT2D eigenvalue weighted by atomic mass is 16.5. The summed E-state index contributed by atoms with van der Waals surface area (Å²) in [5.41, 5.74) is 3.99.